The molecule has 3 aromatic heterocycles. The normalized spacial score (nSPS) is 11.0. The first-order valence-electron chi connectivity index (χ1n) is 5.84. The van der Waals surface area contributed by atoms with Crippen LogP contribution in [0.2, 0.25) is 0 Å². The van der Waals surface area contributed by atoms with E-state index in [-0.39, 0.29) is 0 Å². The van der Waals surface area contributed by atoms with Crippen LogP contribution in [0.25, 0.3) is 21.8 Å². The van der Waals surface area contributed by atoms with E-state index >= 15 is 0 Å². The van der Waals surface area contributed by atoms with Crippen molar-refractivity contribution < 1.29 is 4.42 Å². The molecule has 1 N–H and O–H groups in total. The van der Waals surface area contributed by atoms with Crippen molar-refractivity contribution >= 4 is 27.4 Å². The van der Waals surface area contributed by atoms with Gasteiger partial charge < -0.3 is 9.73 Å². The van der Waals surface area contributed by atoms with Gasteiger partial charge in [-0.05, 0) is 32.0 Å². The fourth-order valence-electron chi connectivity index (χ4n) is 1.86. The lowest BCUT2D eigenvalue weighted by Crippen LogP contribution is -2.01. The van der Waals surface area contributed by atoms with E-state index in [0.29, 0.717) is 11.6 Å². The minimum atomic E-state index is 0.630. The zero-order valence-electron chi connectivity index (χ0n) is 10.2. The van der Waals surface area contributed by atoms with E-state index in [9.17, 15) is 0 Å². The Labute approximate surface area is 109 Å². The van der Waals surface area contributed by atoms with Gasteiger partial charge in [0.1, 0.15) is 10.6 Å². The highest BCUT2D eigenvalue weighted by atomic mass is 32.1. The van der Waals surface area contributed by atoms with Crippen LogP contribution in [0.4, 0.5) is 5.82 Å². The summed E-state index contributed by atoms with van der Waals surface area (Å²) in [5.74, 6) is 2.20. The third-order valence-electron chi connectivity index (χ3n) is 2.60. The second-order valence-corrected chi connectivity index (χ2v) is 5.21. The number of furan rings is 1. The zero-order chi connectivity index (χ0) is 12.5. The van der Waals surface area contributed by atoms with Crippen molar-refractivity contribution in [2.75, 3.05) is 11.9 Å². The molecule has 0 spiro atoms. The standard InChI is InChI=1S/C13H13N3OS/c1-3-14-11-9-7-8(2)18-13(9)16-12(15-11)10-5-4-6-17-10/h4-7H,3H2,1-2H3,(H,14,15,16). The topological polar surface area (TPSA) is 51.0 Å². The molecule has 0 saturated heterocycles. The molecule has 0 aliphatic rings. The molecule has 0 atom stereocenters. The van der Waals surface area contributed by atoms with Gasteiger partial charge in [-0.2, -0.15) is 0 Å². The fourth-order valence-corrected chi connectivity index (χ4v) is 2.74. The van der Waals surface area contributed by atoms with E-state index in [1.165, 1.54) is 4.88 Å². The van der Waals surface area contributed by atoms with Crippen LogP contribution >= 0.6 is 11.3 Å². The van der Waals surface area contributed by atoms with E-state index in [4.69, 9.17) is 4.42 Å². The molecule has 18 heavy (non-hydrogen) atoms. The van der Waals surface area contributed by atoms with Crippen LogP contribution < -0.4 is 5.32 Å². The fraction of sp³-hybridized carbons (Fsp3) is 0.231. The quantitative estimate of drug-likeness (QED) is 0.779. The van der Waals surface area contributed by atoms with E-state index in [0.717, 1.165) is 22.6 Å². The molecule has 0 fully saturated rings. The van der Waals surface area contributed by atoms with E-state index < -0.39 is 0 Å². The summed E-state index contributed by atoms with van der Waals surface area (Å²) >= 11 is 1.67. The minimum Gasteiger partial charge on any atom is -0.461 e. The number of fused-ring (bicyclic) bond motifs is 1. The number of hydrogen-bond acceptors (Lipinski definition) is 5. The monoisotopic (exact) mass is 259 g/mol. The average molecular weight is 259 g/mol. The average Bonchev–Trinajstić information content (AvgIpc) is 2.96. The molecular weight excluding hydrogens is 246 g/mol. The molecule has 0 bridgehead atoms. The van der Waals surface area contributed by atoms with Crippen LogP contribution in [0, 0.1) is 6.92 Å². The van der Waals surface area contributed by atoms with Crippen molar-refractivity contribution in [2.45, 2.75) is 13.8 Å². The van der Waals surface area contributed by atoms with Crippen LogP contribution in [0.15, 0.2) is 28.9 Å². The van der Waals surface area contributed by atoms with Gasteiger partial charge in [-0.1, -0.05) is 0 Å². The van der Waals surface area contributed by atoms with Crippen molar-refractivity contribution in [3.05, 3.63) is 29.3 Å². The first-order valence-corrected chi connectivity index (χ1v) is 6.65. The Morgan fingerprint density at radius 3 is 3.00 bits per heavy atom. The van der Waals surface area contributed by atoms with Gasteiger partial charge in [0.15, 0.2) is 11.6 Å². The zero-order valence-corrected chi connectivity index (χ0v) is 11.0. The van der Waals surface area contributed by atoms with Gasteiger partial charge in [0.25, 0.3) is 0 Å². The Morgan fingerprint density at radius 1 is 1.39 bits per heavy atom. The summed E-state index contributed by atoms with van der Waals surface area (Å²) in [4.78, 5) is 11.3. The third kappa shape index (κ3) is 1.86. The highest BCUT2D eigenvalue weighted by Gasteiger charge is 2.12. The third-order valence-corrected chi connectivity index (χ3v) is 3.55. The summed E-state index contributed by atoms with van der Waals surface area (Å²) in [5, 5.41) is 4.36. The highest BCUT2D eigenvalue weighted by molar-refractivity contribution is 7.18. The molecule has 0 radical (unpaired) electrons. The van der Waals surface area contributed by atoms with Crippen molar-refractivity contribution in [3.63, 3.8) is 0 Å². The first kappa shape index (κ1) is 11.2. The molecule has 0 aliphatic heterocycles. The van der Waals surface area contributed by atoms with Crippen LogP contribution in [0.3, 0.4) is 0 Å². The highest BCUT2D eigenvalue weighted by Crippen LogP contribution is 2.30. The Hall–Kier alpha value is -1.88. The largest absolute Gasteiger partial charge is 0.461 e. The predicted molar refractivity (Wildman–Crippen MR) is 74.0 cm³/mol. The van der Waals surface area contributed by atoms with Crippen molar-refractivity contribution in [1.82, 2.24) is 9.97 Å². The second-order valence-electron chi connectivity index (χ2n) is 3.98. The van der Waals surface area contributed by atoms with Gasteiger partial charge in [-0.25, -0.2) is 9.97 Å². The number of nitrogens with one attached hydrogen (secondary N) is 1. The molecule has 3 heterocycles. The number of hydrogen-bond donors (Lipinski definition) is 1. The van der Waals surface area contributed by atoms with E-state index in [1.807, 2.05) is 12.1 Å². The van der Waals surface area contributed by atoms with E-state index in [1.54, 1.807) is 17.6 Å². The number of thiophene rings is 1. The van der Waals surface area contributed by atoms with E-state index in [2.05, 4.69) is 35.2 Å². The molecule has 5 heteroatoms. The Bertz CT molecular complexity index is 673. The lowest BCUT2D eigenvalue weighted by atomic mass is 10.3. The van der Waals surface area contributed by atoms with Gasteiger partial charge >= 0.3 is 0 Å². The Kier molecular flexibility index (Phi) is 2.76. The summed E-state index contributed by atoms with van der Waals surface area (Å²) in [6.07, 6.45) is 1.63. The molecule has 0 unspecified atom stereocenters. The minimum absolute atomic E-state index is 0.630. The van der Waals surface area contributed by atoms with Gasteiger partial charge in [-0.15, -0.1) is 11.3 Å². The molecule has 4 nitrogen and oxygen atoms in total. The molecular formula is C13H13N3OS. The van der Waals surface area contributed by atoms with Crippen LogP contribution in [-0.4, -0.2) is 16.5 Å². The number of rotatable bonds is 3. The maximum absolute atomic E-state index is 5.36. The van der Waals surface area contributed by atoms with Gasteiger partial charge in [0.2, 0.25) is 0 Å². The lowest BCUT2D eigenvalue weighted by Gasteiger charge is -2.05. The number of nitrogens with zero attached hydrogens (tertiary/aromatic N) is 2. The van der Waals surface area contributed by atoms with Gasteiger partial charge in [0, 0.05) is 11.4 Å². The summed E-state index contributed by atoms with van der Waals surface area (Å²) in [7, 11) is 0. The lowest BCUT2D eigenvalue weighted by molar-refractivity contribution is 0.578. The molecule has 3 aromatic rings. The molecule has 0 aromatic carbocycles. The molecule has 0 saturated carbocycles. The Balaban J connectivity index is 2.22. The molecule has 0 aliphatic carbocycles. The summed E-state index contributed by atoms with van der Waals surface area (Å²) in [6, 6.07) is 5.83. The smallest absolute Gasteiger partial charge is 0.199 e. The molecule has 92 valence electrons. The van der Waals surface area contributed by atoms with Crippen molar-refractivity contribution in [2.24, 2.45) is 0 Å². The number of aromatic nitrogens is 2. The molecule has 0 amide bonds. The van der Waals surface area contributed by atoms with Crippen LogP contribution in [0.5, 0.6) is 0 Å². The maximum atomic E-state index is 5.36. The van der Waals surface area contributed by atoms with Crippen molar-refractivity contribution in [3.8, 4) is 11.6 Å². The summed E-state index contributed by atoms with van der Waals surface area (Å²) in [6.45, 7) is 4.97. The Morgan fingerprint density at radius 2 is 2.28 bits per heavy atom. The first-order chi connectivity index (χ1) is 8.78. The molecule has 3 rings (SSSR count). The van der Waals surface area contributed by atoms with Crippen LogP contribution in [0.1, 0.15) is 11.8 Å². The SMILES string of the molecule is CCNc1nc(-c2ccco2)nc2sc(C)cc12. The van der Waals surface area contributed by atoms with Gasteiger partial charge in [0.05, 0.1) is 11.6 Å². The van der Waals surface area contributed by atoms with Crippen LogP contribution in [-0.2, 0) is 0 Å². The maximum Gasteiger partial charge on any atom is 0.199 e. The van der Waals surface area contributed by atoms with Gasteiger partial charge in [-0.3, -0.25) is 0 Å². The second kappa shape index (κ2) is 4.42. The predicted octanol–water partition coefficient (Wildman–Crippen LogP) is 3.69. The summed E-state index contributed by atoms with van der Waals surface area (Å²) in [5.41, 5.74) is 0. The van der Waals surface area contributed by atoms with Crippen molar-refractivity contribution in [1.29, 1.82) is 0 Å². The number of anilines is 1. The number of aryl methyl sites for hydroxylation is 1. The summed E-state index contributed by atoms with van der Waals surface area (Å²) < 4.78 is 5.36.